The Balaban J connectivity index is 0.000000137. The van der Waals surface area contributed by atoms with E-state index < -0.39 is 0 Å². The van der Waals surface area contributed by atoms with Crippen molar-refractivity contribution in [3.05, 3.63) is 261 Å². The summed E-state index contributed by atoms with van der Waals surface area (Å²) < 4.78 is 9.17. The van der Waals surface area contributed by atoms with Gasteiger partial charge in [-0.25, -0.2) is 4.98 Å². The molecule has 0 N–H and O–H groups in total. The minimum Gasteiger partial charge on any atom is -0.510 e. The number of aryl methyl sites for hydroxylation is 2. The third kappa shape index (κ3) is 11.9. The molecule has 0 saturated carbocycles. The van der Waals surface area contributed by atoms with E-state index in [1.807, 2.05) is 145 Å². The number of benzene rings is 8. The zero-order valence-electron chi connectivity index (χ0n) is 54.1. The van der Waals surface area contributed by atoms with Gasteiger partial charge in [0, 0.05) is 47.3 Å². The van der Waals surface area contributed by atoms with Gasteiger partial charge >= 0.3 is 40.2 Å². The summed E-state index contributed by atoms with van der Waals surface area (Å²) in [5.41, 5.74) is 21.9. The third-order valence-corrected chi connectivity index (χ3v) is 17.2. The summed E-state index contributed by atoms with van der Waals surface area (Å²) in [7, 11) is 8.29. The fourth-order valence-electron chi connectivity index (χ4n) is 12.9. The van der Waals surface area contributed by atoms with Gasteiger partial charge in [0.25, 0.3) is 0 Å². The number of fused-ring (bicyclic) bond motifs is 16. The average Bonchev–Trinajstić information content (AvgIpc) is 1.56. The summed E-state index contributed by atoms with van der Waals surface area (Å²) in [4.78, 5) is 23.8. The zero-order valence-corrected chi connectivity index (χ0v) is 58.9. The first kappa shape index (κ1) is 64.7. The third-order valence-electron chi connectivity index (χ3n) is 17.2. The maximum atomic E-state index is 5.34. The van der Waals surface area contributed by atoms with Crippen molar-refractivity contribution in [2.24, 2.45) is 14.1 Å². The van der Waals surface area contributed by atoms with Gasteiger partial charge in [0.1, 0.15) is 17.3 Å². The van der Waals surface area contributed by atoms with Crippen LogP contribution in [-0.2, 0) is 54.3 Å². The molecule has 16 rings (SSSR count). The molecule has 14 aromatic rings. The summed E-state index contributed by atoms with van der Waals surface area (Å²) in [5.74, 6) is 3.66. The van der Waals surface area contributed by atoms with Crippen LogP contribution >= 0.6 is 0 Å². The maximum Gasteiger partial charge on any atom is 3.00 e. The molecule has 0 aliphatic carbocycles. The van der Waals surface area contributed by atoms with Crippen LogP contribution in [0.4, 0.5) is 11.4 Å². The molecule has 13 heteroatoms. The SMILES string of the molecule is CC(C)c1cccc(C(C)C)c1-c1nc2c3[c-]cccc3n3c4ccccc4cc3c2n1C.CC(C)c1cccc(C(C)C)c1-c1nc2c3[c-]cccc3n3c4ccccc4nc3c2n1C.CN1C=CN(c2[c-]cccc2)[CH-]1.CN1C=CN(c2[c-]cccc2)[CH-]1.[Ir+3].[Ir+3]. The van der Waals surface area contributed by atoms with Gasteiger partial charge in [0.15, 0.2) is 0 Å². The molecule has 2 aliphatic rings. The predicted molar refractivity (Wildman–Crippen MR) is 374 cm³/mol. The van der Waals surface area contributed by atoms with Crippen molar-refractivity contribution < 1.29 is 40.2 Å². The molecule has 2 aliphatic heterocycles. The summed E-state index contributed by atoms with van der Waals surface area (Å²) >= 11 is 0. The van der Waals surface area contributed by atoms with Crippen molar-refractivity contribution in [2.45, 2.75) is 79.1 Å². The van der Waals surface area contributed by atoms with Crippen LogP contribution in [0.1, 0.15) is 101 Å². The molecule has 0 bridgehead atoms. The summed E-state index contributed by atoms with van der Waals surface area (Å²) in [6, 6.07) is 74.1. The first-order valence-electron chi connectivity index (χ1n) is 31.2. The molecule has 0 unspecified atom stereocenters. The normalized spacial score (nSPS) is 13.0. The number of hydrogen-bond acceptors (Lipinski definition) is 7. The van der Waals surface area contributed by atoms with Crippen LogP contribution in [-0.4, -0.2) is 56.8 Å². The summed E-state index contributed by atoms with van der Waals surface area (Å²) in [6.45, 7) is 22.1. The van der Waals surface area contributed by atoms with Gasteiger partial charge < -0.3 is 37.5 Å². The second-order valence-corrected chi connectivity index (χ2v) is 24.6. The van der Waals surface area contributed by atoms with Crippen molar-refractivity contribution in [2.75, 3.05) is 23.9 Å². The largest absolute Gasteiger partial charge is 3.00 e. The van der Waals surface area contributed by atoms with Gasteiger partial charge in [-0.15, -0.1) is 59.9 Å². The Morgan fingerprint density at radius 3 is 1.27 bits per heavy atom. The number of anilines is 2. The van der Waals surface area contributed by atoms with E-state index in [1.165, 1.54) is 49.8 Å². The number of rotatable bonds is 8. The van der Waals surface area contributed by atoms with E-state index in [1.54, 1.807) is 0 Å². The van der Waals surface area contributed by atoms with E-state index in [2.05, 4.69) is 215 Å². The number of imidazole rings is 3. The smallest absolute Gasteiger partial charge is 0.510 e. The molecule has 0 amide bonds. The maximum absolute atomic E-state index is 5.34. The number of para-hydroxylation sites is 5. The molecule has 92 heavy (non-hydrogen) atoms. The van der Waals surface area contributed by atoms with Crippen molar-refractivity contribution in [1.29, 1.82) is 0 Å². The van der Waals surface area contributed by atoms with Gasteiger partial charge in [-0.05, 0) is 126 Å². The summed E-state index contributed by atoms with van der Waals surface area (Å²) in [6.07, 6.45) is 8.01. The second-order valence-electron chi connectivity index (χ2n) is 24.6. The number of pyridine rings is 2. The van der Waals surface area contributed by atoms with Crippen LogP contribution in [0.15, 0.2) is 201 Å². The predicted octanol–water partition coefficient (Wildman–Crippen LogP) is 18.7. The minimum atomic E-state index is 0. The van der Waals surface area contributed by atoms with Crippen LogP contribution in [0.5, 0.6) is 0 Å². The summed E-state index contributed by atoms with van der Waals surface area (Å²) in [5, 5.41) is 3.33. The van der Waals surface area contributed by atoms with Gasteiger partial charge in [-0.3, -0.25) is 9.97 Å². The topological polar surface area (TPSA) is 70.3 Å². The molecule has 8 heterocycles. The fraction of sp³-hybridized carbons (Fsp3) is 0.203. The molecule has 0 radical (unpaired) electrons. The average molecular weight is 1560 g/mol. The van der Waals surface area contributed by atoms with Gasteiger partial charge in [-0.1, -0.05) is 133 Å². The number of hydrogen-bond donors (Lipinski definition) is 0. The van der Waals surface area contributed by atoms with E-state index in [9.17, 15) is 0 Å². The Kier molecular flexibility index (Phi) is 19.1. The molecule has 0 fully saturated rings. The zero-order chi connectivity index (χ0) is 62.5. The molecule has 0 atom stereocenters. The Bertz CT molecular complexity index is 4640. The first-order valence-corrected chi connectivity index (χ1v) is 31.2. The van der Waals surface area contributed by atoms with Crippen LogP contribution in [0.3, 0.4) is 0 Å². The van der Waals surface area contributed by atoms with Gasteiger partial charge in [-0.2, -0.15) is 74.0 Å². The van der Waals surface area contributed by atoms with Crippen LogP contribution in [0, 0.1) is 37.6 Å². The first-order chi connectivity index (χ1) is 43.7. The minimum absolute atomic E-state index is 0. The molecule has 11 nitrogen and oxygen atoms in total. The molecule has 0 spiro atoms. The van der Waals surface area contributed by atoms with E-state index in [4.69, 9.17) is 15.0 Å². The van der Waals surface area contributed by atoms with Crippen molar-refractivity contribution in [3.8, 4) is 22.8 Å². The standard InChI is InChI=1S/C30H28N3.C29H27N4.2C10H10N2.2Ir/c1-18(2)21-13-10-14-22(19(3)4)27(21)30-31-28-23-12-7-9-16-25(23)33-24-15-8-6-11-20(24)17-26(33)29(28)32(30)5;1-17(2)19-12-10-13-20(18(3)4)25(19)28-31-26-21-11-6-8-15-23(21)33-24-16-9-7-14-22(24)30-29(33)27(26)32(28)5;2*1-11-7-8-12(9-11)10-5-3-2-4-6-10;;/h6-11,13-19H,1-5H3;6-10,12-18H,1-5H3;2*2-5,7-9H,1H3;;/q2*-1;2*-2;2*+3. The van der Waals surface area contributed by atoms with E-state index in [-0.39, 0.29) is 40.2 Å². The van der Waals surface area contributed by atoms with Gasteiger partial charge in [0.05, 0.1) is 22.1 Å². The van der Waals surface area contributed by atoms with Crippen LogP contribution in [0.25, 0.3) is 99.7 Å². The monoisotopic (exact) mass is 1560 g/mol. The second kappa shape index (κ2) is 27.2. The molecular formula is C79H75Ir2N11. The Morgan fingerprint density at radius 2 is 0.804 bits per heavy atom. The van der Waals surface area contributed by atoms with E-state index in [0.29, 0.717) is 23.7 Å². The van der Waals surface area contributed by atoms with E-state index in [0.717, 1.165) is 83.6 Å². The van der Waals surface area contributed by atoms with Crippen LogP contribution < -0.4 is 9.80 Å². The Morgan fingerprint density at radius 1 is 0.380 bits per heavy atom. The Labute approximate surface area is 567 Å². The van der Waals surface area contributed by atoms with Crippen molar-refractivity contribution in [1.82, 2.24) is 42.7 Å². The Hall–Kier alpha value is -8.83. The van der Waals surface area contributed by atoms with Crippen molar-refractivity contribution >= 4 is 88.3 Å². The fourth-order valence-corrected chi connectivity index (χ4v) is 12.9. The molecule has 8 aromatic carbocycles. The number of nitrogens with zero attached hydrogens (tertiary/aromatic N) is 11. The molecule has 6 aromatic heterocycles. The molecule has 0 saturated heterocycles. The number of aromatic nitrogens is 7. The van der Waals surface area contributed by atoms with Gasteiger partial charge in [0.2, 0.25) is 0 Å². The van der Waals surface area contributed by atoms with E-state index >= 15 is 0 Å². The molecule has 464 valence electrons. The van der Waals surface area contributed by atoms with Crippen molar-refractivity contribution in [3.63, 3.8) is 0 Å². The quantitative estimate of drug-likeness (QED) is 0.140. The van der Waals surface area contributed by atoms with Crippen LogP contribution in [0.2, 0.25) is 0 Å². The molecular weight excluding hydrogens is 1490 g/mol.